The molecule has 5 aromatic carbocycles. The van der Waals surface area contributed by atoms with E-state index in [4.69, 9.17) is 33.5 Å². The van der Waals surface area contributed by atoms with Crippen molar-refractivity contribution >= 4 is 29.8 Å². The molecule has 1 saturated heterocycles. The van der Waals surface area contributed by atoms with Crippen LogP contribution in [0.4, 0.5) is 0 Å². The van der Waals surface area contributed by atoms with Crippen molar-refractivity contribution in [1.82, 2.24) is 0 Å². The van der Waals surface area contributed by atoms with Crippen molar-refractivity contribution < 1.29 is 134 Å². The van der Waals surface area contributed by atoms with Crippen molar-refractivity contribution in [2.45, 2.75) is 30.9 Å². The molecule has 0 aliphatic carbocycles. The number of hydrogen-bond acceptors (Lipinski definition) is 27. The molecule has 1 fully saturated rings. The molecule has 0 spiro atoms. The summed E-state index contributed by atoms with van der Waals surface area (Å²) in [6, 6.07) is 5.18. The highest BCUT2D eigenvalue weighted by Gasteiger charge is 2.56. The molecule has 0 saturated carbocycles. The van der Waals surface area contributed by atoms with E-state index in [1.807, 2.05) is 0 Å². The lowest BCUT2D eigenvalue weighted by molar-refractivity contribution is -0.414. The molecule has 0 amide bonds. The van der Waals surface area contributed by atoms with E-state index in [0.717, 1.165) is 0 Å². The zero-order valence-electron chi connectivity index (χ0n) is 32.8. The lowest BCUT2D eigenvalue weighted by Gasteiger charge is -2.42. The summed E-state index contributed by atoms with van der Waals surface area (Å²) in [6.45, 7) is 0. The Morgan fingerprint density at radius 1 is 0.313 bits per heavy atom. The second-order valence-corrected chi connectivity index (χ2v) is 13.7. The molecule has 0 radical (unpaired) electrons. The second kappa shape index (κ2) is 18.2. The van der Waals surface area contributed by atoms with Crippen molar-refractivity contribution in [2.75, 3.05) is 0 Å². The Bertz CT molecular complexity index is 2720. The molecule has 1 aliphatic heterocycles. The Morgan fingerprint density at radius 3 is 0.821 bits per heavy atom. The highest BCUT2D eigenvalue weighted by atomic mass is 17.2. The second-order valence-electron chi connectivity index (χ2n) is 13.7. The van der Waals surface area contributed by atoms with E-state index in [1.54, 1.807) is 0 Å². The molecule has 5 aromatic rings. The fourth-order valence-corrected chi connectivity index (χ4v) is 5.83. The summed E-state index contributed by atoms with van der Waals surface area (Å²) in [5, 5.41) is 150. The average molecular weight is 943 g/mol. The Labute approximate surface area is 369 Å². The van der Waals surface area contributed by atoms with Gasteiger partial charge in [0, 0.05) is 0 Å². The van der Waals surface area contributed by atoms with Gasteiger partial charge in [0.05, 0.1) is 27.8 Å². The Morgan fingerprint density at radius 2 is 0.537 bits per heavy atom. The highest BCUT2D eigenvalue weighted by Crippen LogP contribution is 2.42. The normalized spacial score (nSPS) is 17.7. The van der Waals surface area contributed by atoms with Gasteiger partial charge in [-0.25, -0.2) is 24.0 Å². The van der Waals surface area contributed by atoms with Gasteiger partial charge in [0.25, 0.3) is 0 Å². The van der Waals surface area contributed by atoms with E-state index in [1.165, 1.54) is 0 Å². The first-order chi connectivity index (χ1) is 31.4. The maximum Gasteiger partial charge on any atom is 0.373 e. The van der Waals surface area contributed by atoms with Gasteiger partial charge in [-0.3, -0.25) is 4.89 Å². The highest BCUT2D eigenvalue weighted by molar-refractivity contribution is 5.94. The predicted octanol–water partition coefficient (Wildman–Crippen LogP) is 1.58. The molecule has 352 valence electrons. The molecule has 1 heterocycles. The van der Waals surface area contributed by atoms with Gasteiger partial charge in [-0.1, -0.05) is 0 Å². The minimum absolute atomic E-state index is 0.502. The first-order valence-corrected chi connectivity index (χ1v) is 18.1. The van der Waals surface area contributed by atoms with Crippen LogP contribution in [0.5, 0.6) is 86.2 Å². The number of benzene rings is 5. The number of esters is 4. The number of hydrogen-bond donors (Lipinski definition) is 15. The summed E-state index contributed by atoms with van der Waals surface area (Å²) in [4.78, 5) is 78.0. The quantitative estimate of drug-likeness (QED) is 0.0294. The maximum atomic E-state index is 13.9. The average Bonchev–Trinajstić information content (AvgIpc) is 3.27. The molecular formula is C40H30O27. The van der Waals surface area contributed by atoms with Gasteiger partial charge >= 0.3 is 29.8 Å². The largest absolute Gasteiger partial charge is 0.504 e. The molecule has 27 nitrogen and oxygen atoms in total. The van der Waals surface area contributed by atoms with Crippen molar-refractivity contribution in [3.63, 3.8) is 0 Å². The van der Waals surface area contributed by atoms with Crippen molar-refractivity contribution in [3.8, 4) is 86.2 Å². The van der Waals surface area contributed by atoms with Gasteiger partial charge in [-0.15, -0.1) is 4.89 Å². The van der Waals surface area contributed by atoms with Gasteiger partial charge in [0.15, 0.2) is 98.5 Å². The summed E-state index contributed by atoms with van der Waals surface area (Å²) >= 11 is 0. The predicted molar refractivity (Wildman–Crippen MR) is 205 cm³/mol. The number of carbonyl (C=O) groups excluding carboxylic acids is 5. The van der Waals surface area contributed by atoms with E-state index in [-0.39, 0.29) is 0 Å². The third-order valence-corrected chi connectivity index (χ3v) is 9.15. The van der Waals surface area contributed by atoms with Crippen LogP contribution in [-0.2, 0) is 33.5 Å². The summed E-state index contributed by atoms with van der Waals surface area (Å²) in [5.74, 6) is -25.4. The summed E-state index contributed by atoms with van der Waals surface area (Å²) < 4.78 is 27.4. The van der Waals surface area contributed by atoms with E-state index < -0.39 is 175 Å². The topological polar surface area (TPSA) is 453 Å². The standard InChI is InChI=1S/C40H30O27/c41-16-1-11(2-17(42)26(16)51)34(56)61-31-32(62-35(57)12-3-18(43)27(52)19(44)4-12)39(64-37(59)14-7-22(47)29(54)23(48)8-14)65-40(67-66-38(60)15-9-24(49)30(55)25(50)10-15)33(31)63-36(58)13-5-20(45)28(53)21(46)6-13/h1-10,31-33,39-55H/t31-,32+,33+,39?,40-/m1/s1. The van der Waals surface area contributed by atoms with Crippen LogP contribution in [0.3, 0.4) is 0 Å². The Kier molecular flexibility index (Phi) is 12.7. The van der Waals surface area contributed by atoms with Gasteiger partial charge in [0.2, 0.25) is 18.7 Å². The number of phenols is 15. The first kappa shape index (κ1) is 46.9. The van der Waals surface area contributed by atoms with Crippen LogP contribution in [-0.4, -0.2) is 137 Å². The molecule has 1 aliphatic rings. The molecule has 1 unspecified atom stereocenters. The molecule has 5 atom stereocenters. The van der Waals surface area contributed by atoms with E-state index in [0.29, 0.717) is 60.7 Å². The molecule has 15 N–H and O–H groups in total. The zero-order valence-corrected chi connectivity index (χ0v) is 32.8. The van der Waals surface area contributed by atoms with Crippen molar-refractivity contribution in [2.24, 2.45) is 0 Å². The smallest absolute Gasteiger partial charge is 0.373 e. The molecule has 67 heavy (non-hydrogen) atoms. The maximum absolute atomic E-state index is 13.9. The monoisotopic (exact) mass is 942 g/mol. The third-order valence-electron chi connectivity index (χ3n) is 9.15. The van der Waals surface area contributed by atoms with Gasteiger partial charge in [-0.2, -0.15) is 0 Å². The molecule has 0 aromatic heterocycles. The zero-order chi connectivity index (χ0) is 49.3. The van der Waals surface area contributed by atoms with Crippen molar-refractivity contribution in [1.29, 1.82) is 0 Å². The van der Waals surface area contributed by atoms with Crippen LogP contribution < -0.4 is 0 Å². The molecule has 6 rings (SSSR count). The summed E-state index contributed by atoms with van der Waals surface area (Å²) in [7, 11) is 0. The minimum Gasteiger partial charge on any atom is -0.504 e. The van der Waals surface area contributed by atoms with Crippen molar-refractivity contribution in [3.05, 3.63) is 88.5 Å². The Hall–Kier alpha value is -9.63. The molecule has 0 bridgehead atoms. The van der Waals surface area contributed by atoms with Crippen LogP contribution in [0.2, 0.25) is 0 Å². The fraction of sp³-hybridized carbons (Fsp3) is 0.125. The van der Waals surface area contributed by atoms with Crippen LogP contribution in [0.1, 0.15) is 51.8 Å². The summed E-state index contributed by atoms with van der Waals surface area (Å²) in [5.41, 5.74) is -4.17. The van der Waals surface area contributed by atoms with Crippen LogP contribution >= 0.6 is 0 Å². The van der Waals surface area contributed by atoms with Gasteiger partial charge < -0.3 is 100 Å². The van der Waals surface area contributed by atoms with Crippen LogP contribution in [0, 0.1) is 0 Å². The van der Waals surface area contributed by atoms with Crippen LogP contribution in [0.15, 0.2) is 60.7 Å². The number of rotatable bonds is 11. The molecular weight excluding hydrogens is 912 g/mol. The van der Waals surface area contributed by atoms with Crippen LogP contribution in [0.25, 0.3) is 0 Å². The minimum atomic E-state index is -2.69. The Balaban J connectivity index is 1.52. The SMILES string of the molecule is O=C(OO[C@H]1OC(OC(=O)c2cc(O)c(O)c(O)c2)[C@@H](OC(=O)c2cc(O)c(O)c(O)c2)[C@@H](OC(=O)c2cc(O)c(O)c(O)c2)[C@@H]1OC(=O)c1cc(O)c(O)c(O)c1)c1cc(O)c(O)c(O)c1. The number of carbonyl (C=O) groups is 5. The lowest BCUT2D eigenvalue weighted by Crippen LogP contribution is -2.63. The number of phenolic OH excluding ortho intramolecular Hbond substituents is 15. The third kappa shape index (κ3) is 9.66. The first-order valence-electron chi connectivity index (χ1n) is 18.1. The fourth-order valence-electron chi connectivity index (χ4n) is 5.83. The number of aromatic hydroxyl groups is 15. The van der Waals surface area contributed by atoms with Gasteiger partial charge in [-0.05, 0) is 60.7 Å². The molecule has 27 heteroatoms. The summed E-state index contributed by atoms with van der Waals surface area (Å²) in [6.07, 6.45) is -13.3. The van der Waals surface area contributed by atoms with E-state index >= 15 is 0 Å². The number of ether oxygens (including phenoxy) is 5. The lowest BCUT2D eigenvalue weighted by atomic mass is 10.0. The van der Waals surface area contributed by atoms with Gasteiger partial charge in [0.1, 0.15) is 0 Å². The van der Waals surface area contributed by atoms with E-state index in [2.05, 4.69) is 0 Å². The van der Waals surface area contributed by atoms with E-state index in [9.17, 15) is 101 Å².